The Morgan fingerprint density at radius 2 is 1.94 bits per heavy atom. The molecule has 4 fully saturated rings. The first-order valence-electron chi connectivity index (χ1n) is 13.4. The molecule has 1 aromatic rings. The molecule has 0 radical (unpaired) electrons. The van der Waals surface area contributed by atoms with Crippen LogP contribution < -0.4 is 0 Å². The van der Waals surface area contributed by atoms with Gasteiger partial charge in [-0.15, -0.1) is 6.42 Å². The summed E-state index contributed by atoms with van der Waals surface area (Å²) in [6.07, 6.45) is 20.7. The minimum atomic E-state index is -0.583. The smallest absolute Gasteiger partial charge is 0.0882 e. The van der Waals surface area contributed by atoms with Gasteiger partial charge in [-0.05, 0) is 104 Å². The lowest BCUT2D eigenvalue weighted by Crippen LogP contribution is -2.52. The van der Waals surface area contributed by atoms with Gasteiger partial charge in [0.05, 0.1) is 24.0 Å². The minimum Gasteiger partial charge on any atom is -0.387 e. The van der Waals surface area contributed by atoms with Crippen molar-refractivity contribution in [3.63, 3.8) is 0 Å². The fourth-order valence-electron chi connectivity index (χ4n) is 9.70. The lowest BCUT2D eigenvalue weighted by molar-refractivity contribution is -0.128. The highest BCUT2D eigenvalue weighted by Gasteiger charge is 2.60. The van der Waals surface area contributed by atoms with Crippen molar-refractivity contribution in [2.45, 2.75) is 90.7 Å². The number of nitrogens with zero attached hydrogens (tertiary/aromatic N) is 2. The first-order valence-corrected chi connectivity index (χ1v) is 13.4. The van der Waals surface area contributed by atoms with E-state index in [9.17, 15) is 5.11 Å². The van der Waals surface area contributed by atoms with E-state index in [1.54, 1.807) is 7.11 Å². The third-order valence-corrected chi connectivity index (χ3v) is 10.8. The monoisotopic (exact) mass is 452 g/mol. The van der Waals surface area contributed by atoms with Gasteiger partial charge < -0.3 is 9.84 Å². The van der Waals surface area contributed by atoms with Crippen LogP contribution in [0.1, 0.15) is 84.1 Å². The molecule has 0 spiro atoms. The molecule has 0 aromatic carbocycles. The molecule has 0 bridgehead atoms. The SMILES string of the molecule is C#Cc1cnn(CC(C)(C)[C@H]2CC[C@H]3[C@@H]4CC[C@@H]5C[C@@](O)(COC)CC[C@@H]5[C@H]4CC[C@]23C)c1. The molecular weight excluding hydrogens is 408 g/mol. The molecule has 4 saturated carbocycles. The summed E-state index contributed by atoms with van der Waals surface area (Å²) >= 11 is 0. The second kappa shape index (κ2) is 8.42. The zero-order valence-electron chi connectivity index (χ0n) is 21.2. The van der Waals surface area contributed by atoms with Gasteiger partial charge in [0.2, 0.25) is 0 Å². The molecule has 4 heteroatoms. The Bertz CT molecular complexity index is 900. The van der Waals surface area contributed by atoms with E-state index in [4.69, 9.17) is 11.2 Å². The van der Waals surface area contributed by atoms with E-state index in [1.807, 2.05) is 12.4 Å². The Labute approximate surface area is 200 Å². The molecule has 5 rings (SSSR count). The van der Waals surface area contributed by atoms with E-state index in [1.165, 1.54) is 44.9 Å². The van der Waals surface area contributed by atoms with Gasteiger partial charge in [0.15, 0.2) is 0 Å². The predicted molar refractivity (Wildman–Crippen MR) is 131 cm³/mol. The van der Waals surface area contributed by atoms with Gasteiger partial charge in [-0.25, -0.2) is 0 Å². The van der Waals surface area contributed by atoms with Crippen molar-refractivity contribution in [3.8, 4) is 12.3 Å². The Kier molecular flexibility index (Phi) is 5.98. The Hall–Kier alpha value is -1.31. The molecule has 1 heterocycles. The van der Waals surface area contributed by atoms with Crippen LogP contribution in [0.5, 0.6) is 0 Å². The van der Waals surface area contributed by atoms with Crippen molar-refractivity contribution in [2.24, 2.45) is 46.3 Å². The van der Waals surface area contributed by atoms with Crippen LogP contribution in [0.2, 0.25) is 0 Å². The largest absolute Gasteiger partial charge is 0.387 e. The minimum absolute atomic E-state index is 0.201. The summed E-state index contributed by atoms with van der Waals surface area (Å²) < 4.78 is 7.44. The number of hydrogen-bond donors (Lipinski definition) is 1. The maximum absolute atomic E-state index is 11.0. The van der Waals surface area contributed by atoms with Gasteiger partial charge in [-0.1, -0.05) is 26.7 Å². The first kappa shape index (κ1) is 23.4. The van der Waals surface area contributed by atoms with Gasteiger partial charge in [0.1, 0.15) is 0 Å². The van der Waals surface area contributed by atoms with Crippen molar-refractivity contribution >= 4 is 0 Å². The van der Waals surface area contributed by atoms with E-state index in [2.05, 4.69) is 36.5 Å². The van der Waals surface area contributed by atoms with Crippen molar-refractivity contribution in [1.29, 1.82) is 0 Å². The van der Waals surface area contributed by atoms with Crippen molar-refractivity contribution in [2.75, 3.05) is 13.7 Å². The van der Waals surface area contributed by atoms with Crippen LogP contribution in [0.3, 0.4) is 0 Å². The molecule has 4 aliphatic rings. The molecule has 0 saturated heterocycles. The van der Waals surface area contributed by atoms with E-state index < -0.39 is 5.60 Å². The lowest BCUT2D eigenvalue weighted by atomic mass is 9.47. The number of ether oxygens (including phenoxy) is 1. The summed E-state index contributed by atoms with van der Waals surface area (Å²) in [5.74, 6) is 7.59. The molecule has 0 aliphatic heterocycles. The zero-order chi connectivity index (χ0) is 23.4. The van der Waals surface area contributed by atoms with E-state index in [0.717, 1.165) is 54.5 Å². The number of hydrogen-bond acceptors (Lipinski definition) is 3. The molecule has 0 unspecified atom stereocenters. The predicted octanol–water partition coefficient (Wildman–Crippen LogP) is 5.54. The van der Waals surface area contributed by atoms with E-state index >= 15 is 0 Å². The molecule has 4 aliphatic carbocycles. The Balaban J connectivity index is 1.31. The summed E-state index contributed by atoms with van der Waals surface area (Å²) in [7, 11) is 1.72. The summed E-state index contributed by atoms with van der Waals surface area (Å²) in [5, 5.41) is 15.6. The van der Waals surface area contributed by atoms with Crippen LogP contribution in [0, 0.1) is 58.7 Å². The molecule has 182 valence electrons. The highest BCUT2D eigenvalue weighted by atomic mass is 16.5. The van der Waals surface area contributed by atoms with E-state index in [-0.39, 0.29) is 5.41 Å². The van der Waals surface area contributed by atoms with Gasteiger partial charge in [0, 0.05) is 19.9 Å². The number of methoxy groups -OCH3 is 1. The van der Waals surface area contributed by atoms with Crippen LogP contribution in [0.15, 0.2) is 12.4 Å². The first-order chi connectivity index (χ1) is 15.7. The van der Waals surface area contributed by atoms with Crippen LogP contribution in [0.25, 0.3) is 0 Å². The standard InChI is InChI=1S/C29H44N2O2/c1-6-20-16-30-31(17-20)18-27(2,3)26-10-9-25-24-8-7-21-15-29(32,19-33-5)14-12-22(21)23(24)11-13-28(25,26)4/h1,16-17,21-26,32H,7-15,18-19H2,2-5H3/t21-,22+,23-,24-,25+,26-,28+,29-/m1/s1. The highest BCUT2D eigenvalue weighted by molar-refractivity contribution is 5.26. The Morgan fingerprint density at radius 1 is 1.15 bits per heavy atom. The fraction of sp³-hybridized carbons (Fsp3) is 0.828. The fourth-order valence-corrected chi connectivity index (χ4v) is 9.70. The molecule has 4 nitrogen and oxygen atoms in total. The second-order valence-corrected chi connectivity index (χ2v) is 13.1. The molecule has 0 amide bonds. The summed E-state index contributed by atoms with van der Waals surface area (Å²) in [4.78, 5) is 0. The van der Waals surface area contributed by atoms with Crippen LogP contribution in [-0.2, 0) is 11.3 Å². The highest BCUT2D eigenvalue weighted by Crippen LogP contribution is 2.67. The number of aliphatic hydroxyl groups is 1. The van der Waals surface area contributed by atoms with Gasteiger partial charge in [-0.3, -0.25) is 4.68 Å². The van der Waals surface area contributed by atoms with E-state index in [0.29, 0.717) is 17.9 Å². The van der Waals surface area contributed by atoms with Crippen molar-refractivity contribution in [1.82, 2.24) is 9.78 Å². The lowest BCUT2D eigenvalue weighted by Gasteiger charge is -2.58. The maximum atomic E-state index is 11.0. The quantitative estimate of drug-likeness (QED) is 0.597. The van der Waals surface area contributed by atoms with Crippen LogP contribution in [-0.4, -0.2) is 34.2 Å². The van der Waals surface area contributed by atoms with Gasteiger partial charge >= 0.3 is 0 Å². The third kappa shape index (κ3) is 3.98. The summed E-state index contributed by atoms with van der Waals surface area (Å²) in [6, 6.07) is 0. The Morgan fingerprint density at radius 3 is 2.67 bits per heavy atom. The number of terminal acetylenes is 1. The number of fused-ring (bicyclic) bond motifs is 5. The molecule has 1 N–H and O–H groups in total. The van der Waals surface area contributed by atoms with Gasteiger partial charge in [0.25, 0.3) is 0 Å². The summed E-state index contributed by atoms with van der Waals surface area (Å²) in [5.41, 5.74) is 0.932. The average Bonchev–Trinajstić information content (AvgIpc) is 3.36. The van der Waals surface area contributed by atoms with Gasteiger partial charge in [-0.2, -0.15) is 5.10 Å². The summed E-state index contributed by atoms with van der Waals surface area (Å²) in [6.45, 7) is 9.00. The molecular formula is C29H44N2O2. The average molecular weight is 453 g/mol. The second-order valence-electron chi connectivity index (χ2n) is 13.1. The third-order valence-electron chi connectivity index (χ3n) is 10.8. The van der Waals surface area contributed by atoms with Crippen molar-refractivity contribution in [3.05, 3.63) is 18.0 Å². The normalized spacial score (nSPS) is 42.8. The number of rotatable bonds is 5. The van der Waals surface area contributed by atoms with Crippen LogP contribution in [0.4, 0.5) is 0 Å². The van der Waals surface area contributed by atoms with Crippen molar-refractivity contribution < 1.29 is 9.84 Å². The number of aromatic nitrogens is 2. The molecule has 33 heavy (non-hydrogen) atoms. The zero-order valence-corrected chi connectivity index (χ0v) is 21.2. The molecule has 8 atom stereocenters. The van der Waals surface area contributed by atoms with Crippen LogP contribution >= 0.6 is 0 Å². The molecule has 1 aromatic heterocycles. The topological polar surface area (TPSA) is 47.3 Å². The maximum Gasteiger partial charge on any atom is 0.0882 e.